The maximum absolute atomic E-state index is 12.8. The molecule has 9 heteroatoms. The van der Waals surface area contributed by atoms with Crippen molar-refractivity contribution in [2.24, 2.45) is 0 Å². The van der Waals surface area contributed by atoms with Gasteiger partial charge in [0.1, 0.15) is 0 Å². The summed E-state index contributed by atoms with van der Waals surface area (Å²) in [4.78, 5) is 25.3. The Kier molecular flexibility index (Phi) is 4.25. The number of hydrogen-bond acceptors (Lipinski definition) is 7. The van der Waals surface area contributed by atoms with Crippen LogP contribution in [0.25, 0.3) is 6.08 Å². The fraction of sp³-hybridized carbons (Fsp3) is 0.0556. The van der Waals surface area contributed by atoms with Crippen molar-refractivity contribution in [1.29, 1.82) is 0 Å². The van der Waals surface area contributed by atoms with Crippen molar-refractivity contribution in [2.45, 2.75) is 0 Å². The Morgan fingerprint density at radius 1 is 1.22 bits per heavy atom. The van der Waals surface area contributed by atoms with Crippen LogP contribution in [-0.4, -0.2) is 28.1 Å². The van der Waals surface area contributed by atoms with Crippen molar-refractivity contribution in [3.8, 4) is 17.2 Å². The van der Waals surface area contributed by atoms with E-state index in [2.05, 4.69) is 0 Å². The molecule has 0 saturated carbocycles. The van der Waals surface area contributed by atoms with Crippen LogP contribution in [0, 0.1) is 0 Å². The number of carboxylic acid groups (broad SMARTS) is 1. The molecule has 1 amide bonds. The van der Waals surface area contributed by atoms with E-state index in [4.69, 9.17) is 26.8 Å². The molecule has 0 spiro atoms. The van der Waals surface area contributed by atoms with Gasteiger partial charge in [-0.05, 0) is 42.0 Å². The highest BCUT2D eigenvalue weighted by molar-refractivity contribution is 8.27. The molecule has 0 aromatic heterocycles. The van der Waals surface area contributed by atoms with Crippen LogP contribution in [0.5, 0.6) is 17.2 Å². The molecule has 0 radical (unpaired) electrons. The van der Waals surface area contributed by atoms with Crippen molar-refractivity contribution in [1.82, 2.24) is 0 Å². The molecule has 2 heterocycles. The molecule has 0 aliphatic carbocycles. The van der Waals surface area contributed by atoms with Gasteiger partial charge in [0, 0.05) is 0 Å². The second-order valence-electron chi connectivity index (χ2n) is 5.62. The van der Waals surface area contributed by atoms with Crippen LogP contribution in [0.4, 0.5) is 5.69 Å². The van der Waals surface area contributed by atoms with Crippen molar-refractivity contribution in [2.75, 3.05) is 11.7 Å². The van der Waals surface area contributed by atoms with E-state index in [0.29, 0.717) is 16.4 Å². The summed E-state index contributed by atoms with van der Waals surface area (Å²) in [5, 5.41) is 20.9. The normalized spacial score (nSPS) is 17.0. The molecule has 1 saturated heterocycles. The van der Waals surface area contributed by atoms with Gasteiger partial charge in [-0.3, -0.25) is 9.69 Å². The molecule has 0 atom stereocenters. The van der Waals surface area contributed by atoms with Gasteiger partial charge in [-0.25, -0.2) is 4.79 Å². The number of nitrogens with zero attached hydrogens (tertiary/aromatic N) is 1. The smallest absolute Gasteiger partial charge is 0.335 e. The third-order valence-corrected chi connectivity index (χ3v) is 5.24. The average molecular weight is 400 g/mol. The molecule has 2 aromatic rings. The summed E-state index contributed by atoms with van der Waals surface area (Å²) in [7, 11) is 0. The zero-order chi connectivity index (χ0) is 19.1. The number of aromatic carboxylic acids is 1. The SMILES string of the molecule is O=C(O)c1ccc(N2C(=O)/C(=C/c3ccc4c(c3)OCO4)SC2=S)cc1[O-]. The molecule has 136 valence electrons. The Morgan fingerprint density at radius 3 is 2.74 bits per heavy atom. The minimum absolute atomic E-state index is 0.158. The van der Waals surface area contributed by atoms with Gasteiger partial charge in [0.2, 0.25) is 6.79 Å². The van der Waals surface area contributed by atoms with Gasteiger partial charge >= 0.3 is 5.97 Å². The van der Waals surface area contributed by atoms with E-state index in [-0.39, 0.29) is 28.3 Å². The van der Waals surface area contributed by atoms with Crippen LogP contribution in [0.1, 0.15) is 15.9 Å². The molecule has 1 fully saturated rings. The standard InChI is InChI=1S/C18H11NO6S2/c20-12-7-10(2-3-11(12)17(22)23)19-16(21)15(27-18(19)26)6-9-1-4-13-14(5-9)25-8-24-13/h1-7,20H,8H2,(H,22,23)/p-1/b15-6-. The van der Waals surface area contributed by atoms with Crippen LogP contribution in [-0.2, 0) is 4.79 Å². The summed E-state index contributed by atoms with van der Waals surface area (Å²) in [5.74, 6) is -1.15. The van der Waals surface area contributed by atoms with E-state index < -0.39 is 11.7 Å². The van der Waals surface area contributed by atoms with Crippen LogP contribution >= 0.6 is 24.0 Å². The zero-order valence-corrected chi connectivity index (χ0v) is 15.1. The fourth-order valence-corrected chi connectivity index (χ4v) is 3.97. The summed E-state index contributed by atoms with van der Waals surface area (Å²) >= 11 is 6.36. The number of benzene rings is 2. The maximum atomic E-state index is 12.8. The number of carbonyl (C=O) groups excluding carboxylic acids is 1. The molecule has 2 aliphatic heterocycles. The zero-order valence-electron chi connectivity index (χ0n) is 13.5. The van der Waals surface area contributed by atoms with Gasteiger partial charge in [-0.15, -0.1) is 0 Å². The van der Waals surface area contributed by atoms with E-state index in [1.54, 1.807) is 24.3 Å². The molecule has 27 heavy (non-hydrogen) atoms. The predicted molar refractivity (Wildman–Crippen MR) is 101 cm³/mol. The Bertz CT molecular complexity index is 1030. The highest BCUT2D eigenvalue weighted by Crippen LogP contribution is 2.38. The summed E-state index contributed by atoms with van der Waals surface area (Å²) in [5.41, 5.74) is 0.618. The average Bonchev–Trinajstić information content (AvgIpc) is 3.18. The number of thiocarbonyl (C=S) groups is 1. The minimum atomic E-state index is -1.32. The predicted octanol–water partition coefficient (Wildman–Crippen LogP) is 2.59. The first-order valence-corrected chi connectivity index (χ1v) is 8.88. The van der Waals surface area contributed by atoms with Crippen LogP contribution in [0.3, 0.4) is 0 Å². The van der Waals surface area contributed by atoms with Crippen LogP contribution in [0.2, 0.25) is 0 Å². The van der Waals surface area contributed by atoms with Gasteiger partial charge in [-0.2, -0.15) is 0 Å². The van der Waals surface area contributed by atoms with Gasteiger partial charge in [-0.1, -0.05) is 35.8 Å². The number of anilines is 1. The Morgan fingerprint density at radius 2 is 2.00 bits per heavy atom. The molecular formula is C18H10NO6S2-. The quantitative estimate of drug-likeness (QED) is 0.620. The molecule has 0 unspecified atom stereocenters. The molecule has 0 bridgehead atoms. The number of amides is 1. The van der Waals surface area contributed by atoms with E-state index in [1.165, 1.54) is 17.0 Å². The van der Waals surface area contributed by atoms with E-state index in [1.807, 2.05) is 0 Å². The third kappa shape index (κ3) is 3.11. The number of fused-ring (bicyclic) bond motifs is 1. The van der Waals surface area contributed by atoms with Crippen molar-refractivity contribution < 1.29 is 29.3 Å². The van der Waals surface area contributed by atoms with E-state index in [9.17, 15) is 14.7 Å². The Hall–Kier alpha value is -3.04. The molecule has 2 aromatic carbocycles. The van der Waals surface area contributed by atoms with E-state index >= 15 is 0 Å². The molecule has 2 aliphatic rings. The van der Waals surface area contributed by atoms with Crippen LogP contribution < -0.4 is 19.5 Å². The largest absolute Gasteiger partial charge is 0.872 e. The number of rotatable bonds is 3. The lowest BCUT2D eigenvalue weighted by Gasteiger charge is -2.18. The first-order valence-electron chi connectivity index (χ1n) is 7.66. The van der Waals surface area contributed by atoms with Gasteiger partial charge in [0.15, 0.2) is 15.8 Å². The Balaban J connectivity index is 1.64. The molecule has 1 N–H and O–H groups in total. The highest BCUT2D eigenvalue weighted by Gasteiger charge is 2.33. The van der Waals surface area contributed by atoms with Crippen LogP contribution in [0.15, 0.2) is 41.3 Å². The number of carbonyl (C=O) groups is 2. The lowest BCUT2D eigenvalue weighted by Crippen LogP contribution is -2.27. The van der Waals surface area contributed by atoms with E-state index in [0.717, 1.165) is 23.4 Å². The number of hydrogen-bond donors (Lipinski definition) is 1. The monoisotopic (exact) mass is 400 g/mol. The number of ether oxygens (including phenoxy) is 2. The Labute approximate surface area is 162 Å². The molecular weight excluding hydrogens is 390 g/mol. The summed E-state index contributed by atoms with van der Waals surface area (Å²) in [6.07, 6.45) is 1.67. The van der Waals surface area contributed by atoms with Gasteiger partial charge < -0.3 is 19.7 Å². The first kappa shape index (κ1) is 17.4. The highest BCUT2D eigenvalue weighted by atomic mass is 32.2. The number of carboxylic acids is 1. The van der Waals surface area contributed by atoms with Crippen molar-refractivity contribution in [3.63, 3.8) is 0 Å². The van der Waals surface area contributed by atoms with Gasteiger partial charge in [0.05, 0.1) is 16.2 Å². The maximum Gasteiger partial charge on any atom is 0.335 e. The second-order valence-corrected chi connectivity index (χ2v) is 7.29. The third-order valence-electron chi connectivity index (χ3n) is 3.94. The van der Waals surface area contributed by atoms with Crippen molar-refractivity contribution in [3.05, 3.63) is 52.4 Å². The summed E-state index contributed by atoms with van der Waals surface area (Å²) in [6.45, 7) is 0.158. The summed E-state index contributed by atoms with van der Waals surface area (Å²) < 4.78 is 10.8. The minimum Gasteiger partial charge on any atom is -0.872 e. The van der Waals surface area contributed by atoms with Gasteiger partial charge in [0.25, 0.3) is 5.91 Å². The fourth-order valence-electron chi connectivity index (χ4n) is 2.67. The first-order chi connectivity index (χ1) is 12.9. The molecule has 7 nitrogen and oxygen atoms in total. The number of thioether (sulfide) groups is 1. The second kappa shape index (κ2) is 6.60. The summed E-state index contributed by atoms with van der Waals surface area (Å²) in [6, 6.07) is 8.95. The topological polar surface area (TPSA) is 99.1 Å². The lowest BCUT2D eigenvalue weighted by atomic mass is 10.1. The van der Waals surface area contributed by atoms with Crippen molar-refractivity contribution >= 4 is 51.9 Å². The molecule has 4 rings (SSSR count). The lowest BCUT2D eigenvalue weighted by molar-refractivity contribution is -0.268.